The second kappa shape index (κ2) is 5.47. The third-order valence-electron chi connectivity index (χ3n) is 3.57. The van der Waals surface area contributed by atoms with E-state index in [0.29, 0.717) is 12.6 Å². The summed E-state index contributed by atoms with van der Waals surface area (Å²) in [7, 11) is 0. The van der Waals surface area contributed by atoms with Crippen LogP contribution in [0.1, 0.15) is 35.4 Å². The largest absolute Gasteiger partial charge is 0.494 e. The predicted molar refractivity (Wildman–Crippen MR) is 78.0 cm³/mol. The van der Waals surface area contributed by atoms with Crippen molar-refractivity contribution in [3.05, 3.63) is 41.7 Å². The van der Waals surface area contributed by atoms with E-state index < -0.39 is 5.97 Å². The highest BCUT2D eigenvalue weighted by molar-refractivity contribution is 5.85. The number of carboxylic acid groups (broad SMARTS) is 1. The molecule has 1 aliphatic heterocycles. The van der Waals surface area contributed by atoms with Crippen molar-refractivity contribution < 1.29 is 14.6 Å². The summed E-state index contributed by atoms with van der Waals surface area (Å²) in [5, 5.41) is 12.2. The topological polar surface area (TPSA) is 76.4 Å². The van der Waals surface area contributed by atoms with Gasteiger partial charge in [-0.2, -0.15) is 0 Å². The predicted octanol–water partition coefficient (Wildman–Crippen LogP) is 2.38. The van der Waals surface area contributed by atoms with Gasteiger partial charge in [-0.3, -0.25) is 0 Å². The number of benzene rings is 1. The average Bonchev–Trinajstić information content (AvgIpc) is 2.92. The zero-order valence-electron chi connectivity index (χ0n) is 11.7. The normalized spacial score (nSPS) is 16.9. The molecule has 1 atom stereocenters. The molecule has 0 radical (unpaired) electrons. The molecule has 1 aliphatic rings. The molecule has 0 saturated heterocycles. The van der Waals surface area contributed by atoms with E-state index in [2.05, 4.69) is 10.3 Å². The molecule has 110 valence electrons. The molecule has 2 aromatic rings. The minimum Gasteiger partial charge on any atom is -0.494 e. The van der Waals surface area contributed by atoms with E-state index in [1.54, 1.807) is 6.20 Å². The summed E-state index contributed by atoms with van der Waals surface area (Å²) in [6.07, 6.45) is 2.43. The third-order valence-corrected chi connectivity index (χ3v) is 3.57. The van der Waals surface area contributed by atoms with Crippen molar-refractivity contribution in [2.75, 3.05) is 18.5 Å². The Balaban J connectivity index is 2.04. The van der Waals surface area contributed by atoms with Gasteiger partial charge in [0.05, 0.1) is 12.6 Å². The van der Waals surface area contributed by atoms with Crippen LogP contribution in [0, 0.1) is 0 Å². The van der Waals surface area contributed by atoms with Crippen LogP contribution in [0.2, 0.25) is 0 Å². The number of carbonyl (C=O) groups is 1. The van der Waals surface area contributed by atoms with Gasteiger partial charge in [0.1, 0.15) is 5.75 Å². The highest BCUT2D eigenvalue weighted by Gasteiger charge is 2.26. The number of carboxylic acids is 1. The van der Waals surface area contributed by atoms with Crippen LogP contribution >= 0.6 is 0 Å². The van der Waals surface area contributed by atoms with E-state index in [4.69, 9.17) is 9.84 Å². The van der Waals surface area contributed by atoms with Crippen LogP contribution < -0.4 is 10.1 Å². The molecule has 3 rings (SSSR count). The second-order valence-electron chi connectivity index (χ2n) is 4.86. The fraction of sp³-hybridized carbons (Fsp3) is 0.333. The number of rotatable bonds is 4. The molecule has 21 heavy (non-hydrogen) atoms. The van der Waals surface area contributed by atoms with Crippen LogP contribution in [-0.4, -0.2) is 33.8 Å². The summed E-state index contributed by atoms with van der Waals surface area (Å²) in [6, 6.07) is 7.90. The van der Waals surface area contributed by atoms with Crippen LogP contribution in [0.5, 0.6) is 5.75 Å². The van der Waals surface area contributed by atoms with Gasteiger partial charge < -0.3 is 19.7 Å². The number of imidazole rings is 1. The molecule has 0 fully saturated rings. The van der Waals surface area contributed by atoms with E-state index in [-0.39, 0.29) is 11.7 Å². The lowest BCUT2D eigenvalue weighted by Crippen LogP contribution is -2.23. The molecule has 1 aromatic heterocycles. The van der Waals surface area contributed by atoms with Crippen molar-refractivity contribution in [1.82, 2.24) is 9.55 Å². The highest BCUT2D eigenvalue weighted by atomic mass is 16.5. The summed E-state index contributed by atoms with van der Waals surface area (Å²) in [5.41, 5.74) is 1.11. The number of ether oxygens (including phenoxy) is 1. The lowest BCUT2D eigenvalue weighted by atomic mass is 10.0. The van der Waals surface area contributed by atoms with Crippen LogP contribution in [0.4, 0.5) is 5.95 Å². The fourth-order valence-corrected chi connectivity index (χ4v) is 2.67. The minimum atomic E-state index is -1.02. The summed E-state index contributed by atoms with van der Waals surface area (Å²) in [4.78, 5) is 15.2. The number of aromatic carboxylic acids is 1. The molecule has 0 spiro atoms. The molecule has 2 N–H and O–H groups in total. The zero-order chi connectivity index (χ0) is 14.8. The van der Waals surface area contributed by atoms with Gasteiger partial charge in [0.15, 0.2) is 5.69 Å². The smallest absolute Gasteiger partial charge is 0.356 e. The maximum absolute atomic E-state index is 11.1. The van der Waals surface area contributed by atoms with Crippen molar-refractivity contribution in [2.45, 2.75) is 19.4 Å². The number of para-hydroxylation sites is 1. The van der Waals surface area contributed by atoms with Crippen LogP contribution in [0.15, 0.2) is 30.5 Å². The number of aromatic nitrogens is 2. The molecule has 6 nitrogen and oxygen atoms in total. The lowest BCUT2D eigenvalue weighted by molar-refractivity contribution is 0.0691. The number of anilines is 1. The van der Waals surface area contributed by atoms with Gasteiger partial charge in [-0.1, -0.05) is 18.2 Å². The molecular formula is C15H17N3O3. The van der Waals surface area contributed by atoms with E-state index >= 15 is 0 Å². The maximum Gasteiger partial charge on any atom is 0.356 e. The number of hydrogen-bond acceptors (Lipinski definition) is 4. The van der Waals surface area contributed by atoms with Gasteiger partial charge in [-0.15, -0.1) is 0 Å². The first-order valence-corrected chi connectivity index (χ1v) is 6.98. The Hall–Kier alpha value is -2.50. The van der Waals surface area contributed by atoms with Gasteiger partial charge >= 0.3 is 5.97 Å². The molecular weight excluding hydrogens is 270 g/mol. The van der Waals surface area contributed by atoms with Gasteiger partial charge in [0.2, 0.25) is 5.95 Å². The van der Waals surface area contributed by atoms with Crippen LogP contribution in [-0.2, 0) is 0 Å². The van der Waals surface area contributed by atoms with Crippen molar-refractivity contribution in [3.63, 3.8) is 0 Å². The Kier molecular flexibility index (Phi) is 3.51. The average molecular weight is 287 g/mol. The van der Waals surface area contributed by atoms with Crippen molar-refractivity contribution in [2.24, 2.45) is 0 Å². The standard InChI is InChI=1S/C15H17N3O3/c1-2-21-13-6-4-3-5-10(13)12-7-8-16-15-17-11(14(19)20)9-18(12)15/h3-6,9,12H,2,7-8H2,1H3,(H,16,17)(H,19,20). The molecule has 1 aromatic carbocycles. The van der Waals surface area contributed by atoms with Crippen LogP contribution in [0.25, 0.3) is 0 Å². The summed E-state index contributed by atoms with van der Waals surface area (Å²) in [6.45, 7) is 3.30. The molecule has 0 saturated carbocycles. The fourth-order valence-electron chi connectivity index (χ4n) is 2.67. The summed E-state index contributed by atoms with van der Waals surface area (Å²) in [5.74, 6) is 0.411. The summed E-state index contributed by atoms with van der Waals surface area (Å²) < 4.78 is 7.57. The van der Waals surface area contributed by atoms with Crippen molar-refractivity contribution in [3.8, 4) is 5.75 Å². The first-order chi connectivity index (χ1) is 10.2. The van der Waals surface area contributed by atoms with Gasteiger partial charge in [0, 0.05) is 18.3 Å². The number of nitrogens with one attached hydrogen (secondary N) is 1. The first kappa shape index (κ1) is 13.5. The lowest BCUT2D eigenvalue weighted by Gasteiger charge is -2.27. The molecule has 0 aliphatic carbocycles. The summed E-state index contributed by atoms with van der Waals surface area (Å²) >= 11 is 0. The zero-order valence-corrected chi connectivity index (χ0v) is 11.7. The maximum atomic E-state index is 11.1. The molecule has 2 heterocycles. The van der Waals surface area contributed by atoms with Crippen LogP contribution in [0.3, 0.4) is 0 Å². The first-order valence-electron chi connectivity index (χ1n) is 6.98. The van der Waals surface area contributed by atoms with Gasteiger partial charge in [0.25, 0.3) is 0 Å². The SMILES string of the molecule is CCOc1ccccc1C1CCNc2nc(C(=O)O)cn21. The molecule has 0 bridgehead atoms. The third kappa shape index (κ3) is 2.44. The Morgan fingerprint density at radius 2 is 2.33 bits per heavy atom. The molecule has 6 heteroatoms. The van der Waals surface area contributed by atoms with Gasteiger partial charge in [-0.05, 0) is 19.4 Å². The van der Waals surface area contributed by atoms with E-state index in [0.717, 1.165) is 24.3 Å². The molecule has 1 unspecified atom stereocenters. The second-order valence-corrected chi connectivity index (χ2v) is 4.86. The Morgan fingerprint density at radius 1 is 1.52 bits per heavy atom. The minimum absolute atomic E-state index is 0.0320. The van der Waals surface area contributed by atoms with Crippen molar-refractivity contribution >= 4 is 11.9 Å². The Labute approximate surface area is 122 Å². The molecule has 0 amide bonds. The monoisotopic (exact) mass is 287 g/mol. The van der Waals surface area contributed by atoms with Gasteiger partial charge in [-0.25, -0.2) is 9.78 Å². The van der Waals surface area contributed by atoms with E-state index in [9.17, 15) is 4.79 Å². The number of fused-ring (bicyclic) bond motifs is 1. The number of nitrogens with zero attached hydrogens (tertiary/aromatic N) is 2. The highest BCUT2D eigenvalue weighted by Crippen LogP contribution is 2.35. The Bertz CT molecular complexity index is 666. The number of hydrogen-bond donors (Lipinski definition) is 2. The van der Waals surface area contributed by atoms with E-state index in [1.165, 1.54) is 0 Å². The Morgan fingerprint density at radius 3 is 3.10 bits per heavy atom. The quantitative estimate of drug-likeness (QED) is 0.903. The van der Waals surface area contributed by atoms with E-state index in [1.807, 2.05) is 35.8 Å². The van der Waals surface area contributed by atoms with Crippen molar-refractivity contribution in [1.29, 1.82) is 0 Å².